The van der Waals surface area contributed by atoms with E-state index in [4.69, 9.17) is 5.21 Å². The maximum Gasteiger partial charge on any atom is 0.267 e. The van der Waals surface area contributed by atoms with Gasteiger partial charge >= 0.3 is 0 Å². The molecular formula is C17H26N6O2. The first-order valence-electron chi connectivity index (χ1n) is 8.36. The van der Waals surface area contributed by atoms with Crippen LogP contribution < -0.4 is 16.4 Å². The number of nitrogens with one attached hydrogen (secondary N) is 3. The quantitative estimate of drug-likeness (QED) is 0.304. The standard InChI is InChI=1S/C17H26N6O2/c1-3-11-23(12-10-16-18-21-22(2)19-16)13-15-6-4-14(5-7-15)8-9-17(24)20-25/h4-9,21,25H,3,10-13H2,1-2H3,(H,18,19)(H,20,24)/b9-8+. The molecule has 0 saturated heterocycles. The van der Waals surface area contributed by atoms with Crippen molar-refractivity contribution < 1.29 is 10.0 Å². The topological polar surface area (TPSA) is 92.2 Å². The average molecular weight is 346 g/mol. The number of hydrazone groups is 1. The minimum absolute atomic E-state index is 0.540. The van der Waals surface area contributed by atoms with Gasteiger partial charge in [0.15, 0.2) is 0 Å². The van der Waals surface area contributed by atoms with Crippen molar-refractivity contribution >= 4 is 17.8 Å². The number of rotatable bonds is 9. The number of amides is 1. The predicted molar refractivity (Wildman–Crippen MR) is 97.1 cm³/mol. The summed E-state index contributed by atoms with van der Waals surface area (Å²) in [6, 6.07) is 8.03. The second kappa shape index (κ2) is 9.77. The van der Waals surface area contributed by atoms with Crippen LogP contribution in [0, 0.1) is 0 Å². The predicted octanol–water partition coefficient (Wildman–Crippen LogP) is 1.08. The van der Waals surface area contributed by atoms with Crippen LogP contribution in [0.25, 0.3) is 6.08 Å². The van der Waals surface area contributed by atoms with Crippen molar-refractivity contribution in [2.75, 3.05) is 20.1 Å². The lowest BCUT2D eigenvalue weighted by Crippen LogP contribution is -2.38. The van der Waals surface area contributed by atoms with Crippen molar-refractivity contribution in [2.24, 2.45) is 5.10 Å². The summed E-state index contributed by atoms with van der Waals surface area (Å²) >= 11 is 0. The van der Waals surface area contributed by atoms with E-state index in [0.29, 0.717) is 0 Å². The first kappa shape index (κ1) is 18.9. The Morgan fingerprint density at radius 3 is 2.72 bits per heavy atom. The molecule has 2 rings (SSSR count). The molecule has 1 aromatic rings. The number of carbonyl (C=O) groups excluding carboxylic acids is 1. The summed E-state index contributed by atoms with van der Waals surface area (Å²) in [5, 5.41) is 14.4. The monoisotopic (exact) mass is 346 g/mol. The number of hydroxylamine groups is 1. The molecule has 0 radical (unpaired) electrons. The zero-order valence-electron chi connectivity index (χ0n) is 14.7. The Morgan fingerprint density at radius 1 is 1.36 bits per heavy atom. The van der Waals surface area contributed by atoms with Crippen molar-refractivity contribution in [2.45, 2.75) is 26.3 Å². The zero-order valence-corrected chi connectivity index (χ0v) is 14.7. The van der Waals surface area contributed by atoms with Crippen LogP contribution in [0.2, 0.25) is 0 Å². The largest absolute Gasteiger partial charge is 0.299 e. The smallest absolute Gasteiger partial charge is 0.267 e. The molecule has 1 aromatic carbocycles. The second-order valence-electron chi connectivity index (χ2n) is 5.91. The van der Waals surface area contributed by atoms with Crippen molar-refractivity contribution in [1.29, 1.82) is 0 Å². The molecule has 25 heavy (non-hydrogen) atoms. The molecule has 8 heteroatoms. The van der Waals surface area contributed by atoms with Gasteiger partial charge in [-0.1, -0.05) is 31.2 Å². The number of hydrazine groups is 2. The van der Waals surface area contributed by atoms with Gasteiger partial charge in [-0.25, -0.2) is 11.0 Å². The number of benzene rings is 1. The number of nitrogens with zero attached hydrogens (tertiary/aromatic N) is 3. The Morgan fingerprint density at radius 2 is 2.12 bits per heavy atom. The Kier molecular flexibility index (Phi) is 7.39. The lowest BCUT2D eigenvalue weighted by Gasteiger charge is -2.22. The van der Waals surface area contributed by atoms with Gasteiger partial charge in [0.1, 0.15) is 5.84 Å². The Labute approximate surface area is 148 Å². The highest BCUT2D eigenvalue weighted by molar-refractivity contribution is 5.90. The maximum atomic E-state index is 11.0. The van der Waals surface area contributed by atoms with Gasteiger partial charge < -0.3 is 0 Å². The number of hydrogen-bond donors (Lipinski definition) is 4. The van der Waals surface area contributed by atoms with Gasteiger partial charge in [0.05, 0.1) is 0 Å². The molecule has 1 aliphatic rings. The third-order valence-electron chi connectivity index (χ3n) is 3.76. The lowest BCUT2D eigenvalue weighted by molar-refractivity contribution is -0.124. The van der Waals surface area contributed by atoms with Gasteiger partial charge in [-0.05, 0) is 30.2 Å². The van der Waals surface area contributed by atoms with E-state index in [9.17, 15) is 4.79 Å². The van der Waals surface area contributed by atoms with E-state index < -0.39 is 5.91 Å². The van der Waals surface area contributed by atoms with E-state index in [2.05, 4.69) is 40.0 Å². The Balaban J connectivity index is 1.88. The van der Waals surface area contributed by atoms with Crippen LogP contribution in [-0.4, -0.2) is 47.1 Å². The molecule has 136 valence electrons. The van der Waals surface area contributed by atoms with E-state index in [0.717, 1.165) is 43.9 Å². The summed E-state index contributed by atoms with van der Waals surface area (Å²) in [5.74, 6) is 0.396. The zero-order chi connectivity index (χ0) is 18.1. The van der Waals surface area contributed by atoms with Crippen molar-refractivity contribution in [3.8, 4) is 0 Å². The summed E-state index contributed by atoms with van der Waals surface area (Å²) in [7, 11) is 1.88. The highest BCUT2D eigenvalue weighted by Crippen LogP contribution is 2.10. The molecule has 0 spiro atoms. The van der Waals surface area contributed by atoms with Crippen molar-refractivity contribution in [1.82, 2.24) is 26.5 Å². The third-order valence-corrected chi connectivity index (χ3v) is 3.76. The van der Waals surface area contributed by atoms with Crippen molar-refractivity contribution in [3.63, 3.8) is 0 Å². The first-order chi connectivity index (χ1) is 12.1. The van der Waals surface area contributed by atoms with Crippen LogP contribution in [-0.2, 0) is 11.3 Å². The summed E-state index contributed by atoms with van der Waals surface area (Å²) < 4.78 is 0. The van der Waals surface area contributed by atoms with Gasteiger partial charge in [0.25, 0.3) is 5.91 Å². The molecule has 0 unspecified atom stereocenters. The summed E-state index contributed by atoms with van der Waals surface area (Å²) in [4.78, 5) is 13.4. The molecule has 0 aromatic heterocycles. The Hall–Kier alpha value is -2.42. The molecule has 0 aliphatic carbocycles. The molecule has 1 amide bonds. The fraction of sp³-hybridized carbons (Fsp3) is 0.412. The summed E-state index contributed by atoms with van der Waals surface area (Å²) in [6.45, 7) is 4.99. The Bertz CT molecular complexity index is 614. The van der Waals surface area contributed by atoms with E-state index in [-0.39, 0.29) is 0 Å². The average Bonchev–Trinajstić information content (AvgIpc) is 3.04. The van der Waals surface area contributed by atoms with Gasteiger partial charge in [-0.15, -0.1) is 10.2 Å². The maximum absolute atomic E-state index is 11.0. The molecule has 0 atom stereocenters. The van der Waals surface area contributed by atoms with Crippen LogP contribution in [0.15, 0.2) is 35.4 Å². The highest BCUT2D eigenvalue weighted by Gasteiger charge is 2.12. The molecule has 0 bridgehead atoms. The SMILES string of the molecule is CCCN(CCC1=NNN(C)N1)Cc1ccc(/C=C/C(=O)NO)cc1. The molecule has 1 aliphatic heterocycles. The van der Waals surface area contributed by atoms with Gasteiger partial charge in [-0.2, -0.15) is 0 Å². The van der Waals surface area contributed by atoms with Gasteiger partial charge in [-0.3, -0.25) is 20.3 Å². The fourth-order valence-electron chi connectivity index (χ4n) is 2.54. The minimum atomic E-state index is -0.540. The number of hydrogen-bond acceptors (Lipinski definition) is 7. The second-order valence-corrected chi connectivity index (χ2v) is 5.91. The third kappa shape index (κ3) is 6.54. The molecule has 1 heterocycles. The van der Waals surface area contributed by atoms with E-state index in [1.165, 1.54) is 11.6 Å². The first-order valence-corrected chi connectivity index (χ1v) is 8.36. The van der Waals surface area contributed by atoms with Crippen LogP contribution >= 0.6 is 0 Å². The highest BCUT2D eigenvalue weighted by atomic mass is 16.5. The van der Waals surface area contributed by atoms with Crippen molar-refractivity contribution in [3.05, 3.63) is 41.5 Å². The van der Waals surface area contributed by atoms with Crippen LogP contribution in [0.3, 0.4) is 0 Å². The van der Waals surface area contributed by atoms with E-state index in [1.54, 1.807) is 16.7 Å². The van der Waals surface area contributed by atoms with E-state index in [1.807, 2.05) is 19.2 Å². The summed E-state index contributed by atoms with van der Waals surface area (Å²) in [5.41, 5.74) is 9.68. The lowest BCUT2D eigenvalue weighted by atomic mass is 10.1. The van der Waals surface area contributed by atoms with Gasteiger partial charge in [0.2, 0.25) is 0 Å². The van der Waals surface area contributed by atoms with Gasteiger partial charge in [0, 0.05) is 32.6 Å². The fourth-order valence-corrected chi connectivity index (χ4v) is 2.54. The number of carbonyl (C=O) groups is 1. The molecular weight excluding hydrogens is 320 g/mol. The molecule has 0 saturated carbocycles. The molecule has 4 N–H and O–H groups in total. The van der Waals surface area contributed by atoms with Crippen LogP contribution in [0.5, 0.6) is 0 Å². The van der Waals surface area contributed by atoms with E-state index >= 15 is 0 Å². The van der Waals surface area contributed by atoms with Crippen LogP contribution in [0.4, 0.5) is 0 Å². The normalized spacial score (nSPS) is 14.5. The van der Waals surface area contributed by atoms with Crippen LogP contribution in [0.1, 0.15) is 30.9 Å². The molecule has 0 fully saturated rings. The summed E-state index contributed by atoms with van der Waals surface area (Å²) in [6.07, 6.45) is 4.90. The molecule has 8 nitrogen and oxygen atoms in total. The minimum Gasteiger partial charge on any atom is -0.299 e. The number of amidine groups is 1.